The highest BCUT2D eigenvalue weighted by Gasteiger charge is 2.64. The minimum absolute atomic E-state index is 0.0367. The topological polar surface area (TPSA) is 278 Å². The number of nitrogens with zero attached hydrogens (tertiary/aromatic N) is 2. The number of benzene rings is 1. The molecule has 240 valence electrons. The van der Waals surface area contributed by atoms with Crippen molar-refractivity contribution in [2.24, 2.45) is 17.6 Å². The molecule has 0 aliphatic heterocycles. The van der Waals surface area contributed by atoms with E-state index in [9.17, 15) is 39.6 Å². The van der Waals surface area contributed by atoms with Crippen LogP contribution in [-0.2, 0) is 35.9 Å². The zero-order chi connectivity index (χ0) is 33.6. The van der Waals surface area contributed by atoms with Crippen molar-refractivity contribution in [2.45, 2.75) is 24.5 Å². The molecule has 0 bridgehead atoms. The highest BCUT2D eigenvalue weighted by molar-refractivity contribution is 7.79. The highest BCUT2D eigenvalue weighted by Crippen LogP contribution is 2.54. The summed E-state index contributed by atoms with van der Waals surface area (Å²) in [6.07, 6.45) is -0.0133. The van der Waals surface area contributed by atoms with Crippen LogP contribution in [0.15, 0.2) is 35.8 Å². The Bertz CT molecular complexity index is 1620. The number of fused-ring (bicyclic) bond motifs is 3. The molecule has 1 fully saturated rings. The first kappa shape index (κ1) is 34.0. The molecule has 0 radical (unpaired) electrons. The lowest BCUT2D eigenvalue weighted by atomic mass is 9.57. The van der Waals surface area contributed by atoms with Gasteiger partial charge in [-0.1, -0.05) is 6.58 Å². The second-order valence-electron chi connectivity index (χ2n) is 10.6. The van der Waals surface area contributed by atoms with Crippen molar-refractivity contribution in [1.82, 2.24) is 4.90 Å². The van der Waals surface area contributed by atoms with Crippen LogP contribution in [0.25, 0.3) is 5.76 Å². The third-order valence-electron chi connectivity index (χ3n) is 7.61. The predicted octanol–water partition coefficient (Wildman–Crippen LogP) is 0.0692. The van der Waals surface area contributed by atoms with E-state index in [0.717, 1.165) is 6.26 Å². The standard InChI is InChI=1S/C26H30N4O9.H2O4S/c1-6-39-25(37)28-13-9-14(29(2)3)11-7-10-8-12-18(30(4)5)21(33)17(24(27)36)23(35)26(12,38)22(34)15(10)20(32)16(11)19(13)31;1-5(2,3)4/h6,9-10,12,18,31-32,35,38H,1,7-8H2,2-5H3,(H2,27,36)(H,28,37);(H2,1,2,3,4)/t10?,12?,18-,26-;/m0./s1. The Morgan fingerprint density at radius 2 is 1.73 bits per heavy atom. The van der Waals surface area contributed by atoms with Crippen molar-refractivity contribution in [3.05, 3.63) is 46.9 Å². The largest absolute Gasteiger partial charge is 0.508 e. The molecular weight excluding hydrogens is 608 g/mol. The Labute approximate surface area is 251 Å². The second kappa shape index (κ2) is 11.9. The number of phenols is 1. The Hall–Kier alpha value is -4.49. The van der Waals surface area contributed by atoms with Gasteiger partial charge in [0.15, 0.2) is 17.1 Å². The number of anilines is 2. The van der Waals surface area contributed by atoms with Crippen molar-refractivity contribution in [3.8, 4) is 5.75 Å². The molecule has 2 amide bonds. The van der Waals surface area contributed by atoms with E-state index < -0.39 is 80.3 Å². The summed E-state index contributed by atoms with van der Waals surface area (Å²) in [6.45, 7) is 3.29. The van der Waals surface area contributed by atoms with Gasteiger partial charge in [0.2, 0.25) is 5.78 Å². The van der Waals surface area contributed by atoms with Gasteiger partial charge in [0.1, 0.15) is 17.1 Å². The van der Waals surface area contributed by atoms with E-state index in [1.807, 2.05) is 0 Å². The molecule has 2 unspecified atom stereocenters. The molecule has 4 atom stereocenters. The number of ether oxygens (including phenoxy) is 1. The molecule has 1 aromatic rings. The fraction of sp³-hybridized carbons (Fsp3) is 0.385. The average Bonchev–Trinajstić information content (AvgIpc) is 2.86. The van der Waals surface area contributed by atoms with Crippen LogP contribution >= 0.6 is 0 Å². The molecule has 0 saturated heterocycles. The summed E-state index contributed by atoms with van der Waals surface area (Å²) < 4.78 is 36.2. The maximum atomic E-state index is 13.9. The van der Waals surface area contributed by atoms with Gasteiger partial charge < -0.3 is 35.8 Å². The number of carbonyl (C=O) groups excluding carboxylic acids is 4. The molecule has 0 spiro atoms. The van der Waals surface area contributed by atoms with Gasteiger partial charge in [-0.25, -0.2) is 4.79 Å². The normalized spacial score (nSPS) is 24.4. The number of phenolic OH excluding ortho intramolecular Hbond substituents is 1. The van der Waals surface area contributed by atoms with Gasteiger partial charge >= 0.3 is 16.5 Å². The number of amides is 2. The van der Waals surface area contributed by atoms with Crippen LogP contribution in [0.3, 0.4) is 0 Å². The number of hydrogen-bond donors (Lipinski definition) is 8. The zero-order valence-electron chi connectivity index (χ0n) is 23.9. The maximum Gasteiger partial charge on any atom is 0.416 e. The molecule has 9 N–H and O–H groups in total. The number of rotatable bonds is 5. The number of aromatic hydroxyl groups is 1. The van der Waals surface area contributed by atoms with Crippen LogP contribution in [0, 0.1) is 11.8 Å². The molecular formula is C26H32N4O13S. The lowest BCUT2D eigenvalue weighted by molar-refractivity contribution is -0.153. The highest BCUT2D eigenvalue weighted by atomic mass is 32.3. The monoisotopic (exact) mass is 640 g/mol. The van der Waals surface area contributed by atoms with E-state index in [0.29, 0.717) is 11.3 Å². The van der Waals surface area contributed by atoms with Crippen molar-refractivity contribution in [1.29, 1.82) is 0 Å². The predicted molar refractivity (Wildman–Crippen MR) is 153 cm³/mol. The molecule has 3 aliphatic rings. The fourth-order valence-corrected chi connectivity index (χ4v) is 6.00. The molecule has 1 aromatic carbocycles. The van der Waals surface area contributed by atoms with Gasteiger partial charge in [-0.3, -0.25) is 33.7 Å². The van der Waals surface area contributed by atoms with Gasteiger partial charge in [-0.05, 0) is 44.5 Å². The fourth-order valence-electron chi connectivity index (χ4n) is 6.00. The molecule has 1 saturated carbocycles. The van der Waals surface area contributed by atoms with Gasteiger partial charge in [0.05, 0.1) is 23.6 Å². The number of aliphatic hydroxyl groups excluding tert-OH is 2. The van der Waals surface area contributed by atoms with Crippen molar-refractivity contribution in [2.75, 3.05) is 38.4 Å². The third-order valence-corrected chi connectivity index (χ3v) is 7.61. The summed E-state index contributed by atoms with van der Waals surface area (Å²) in [5.41, 5.74) is 2.06. The quantitative estimate of drug-likeness (QED) is 0.0915. The van der Waals surface area contributed by atoms with E-state index >= 15 is 0 Å². The molecule has 0 heterocycles. The number of ketones is 2. The minimum atomic E-state index is -4.67. The summed E-state index contributed by atoms with van der Waals surface area (Å²) in [6, 6.07) is 0.296. The molecule has 18 heteroatoms. The summed E-state index contributed by atoms with van der Waals surface area (Å²) in [4.78, 5) is 54.3. The summed E-state index contributed by atoms with van der Waals surface area (Å²) in [5, 5.41) is 47.4. The van der Waals surface area contributed by atoms with Crippen molar-refractivity contribution < 1.29 is 61.9 Å². The van der Waals surface area contributed by atoms with Crippen molar-refractivity contribution >= 4 is 51.1 Å². The Morgan fingerprint density at radius 1 is 1.16 bits per heavy atom. The Morgan fingerprint density at radius 3 is 2.20 bits per heavy atom. The van der Waals surface area contributed by atoms with E-state index in [-0.39, 0.29) is 29.7 Å². The number of likely N-dealkylation sites (N-methyl/N-ethyl adjacent to an activating group) is 1. The average molecular weight is 641 g/mol. The lowest BCUT2D eigenvalue weighted by Crippen LogP contribution is -2.65. The number of hydrogen-bond acceptors (Lipinski definition) is 13. The van der Waals surface area contributed by atoms with Crippen LogP contribution in [0.4, 0.5) is 16.2 Å². The third kappa shape index (κ3) is 5.84. The second-order valence-corrected chi connectivity index (χ2v) is 11.5. The Balaban J connectivity index is 0.000000978. The number of Topliss-reactive ketones (excluding diaryl/α,β-unsaturated/α-hetero) is 2. The maximum absolute atomic E-state index is 13.9. The summed E-state index contributed by atoms with van der Waals surface area (Å²) in [5.74, 6) is -7.57. The summed E-state index contributed by atoms with van der Waals surface area (Å²) in [7, 11) is 1.80. The lowest BCUT2D eigenvalue weighted by Gasteiger charge is -2.50. The molecule has 0 aromatic heterocycles. The van der Waals surface area contributed by atoms with Crippen molar-refractivity contribution in [3.63, 3.8) is 0 Å². The SMILES string of the molecule is C=COC(=O)Nc1cc(N(C)C)c2c(c1O)C(O)=C1C(=O)[C@]3(O)C(O)=C(C(N)=O)C(=O)[C@@H](N(C)C)C3CC1C2.O=S(=O)(O)O. The van der Waals surface area contributed by atoms with Gasteiger partial charge in [0, 0.05) is 31.3 Å². The number of nitrogens with one attached hydrogen (secondary N) is 1. The molecule has 44 heavy (non-hydrogen) atoms. The zero-order valence-corrected chi connectivity index (χ0v) is 24.7. The minimum Gasteiger partial charge on any atom is -0.508 e. The Kier molecular flexibility index (Phi) is 9.19. The number of nitrogens with two attached hydrogens (primary N) is 1. The molecule has 3 aliphatic carbocycles. The van der Waals surface area contributed by atoms with Crippen LogP contribution in [0.2, 0.25) is 0 Å². The van der Waals surface area contributed by atoms with E-state index in [4.69, 9.17) is 23.3 Å². The van der Waals surface area contributed by atoms with E-state index in [1.54, 1.807) is 19.0 Å². The first-order valence-electron chi connectivity index (χ1n) is 12.7. The van der Waals surface area contributed by atoms with E-state index in [1.165, 1.54) is 25.1 Å². The van der Waals surface area contributed by atoms with Crippen LogP contribution in [0.1, 0.15) is 17.5 Å². The molecule has 17 nitrogen and oxygen atoms in total. The van der Waals surface area contributed by atoms with E-state index in [2.05, 4.69) is 16.6 Å². The van der Waals surface area contributed by atoms with Crippen LogP contribution in [-0.4, -0.2) is 106 Å². The summed E-state index contributed by atoms with van der Waals surface area (Å²) >= 11 is 0. The van der Waals surface area contributed by atoms with Crippen LogP contribution < -0.4 is 16.0 Å². The smallest absolute Gasteiger partial charge is 0.416 e. The van der Waals surface area contributed by atoms with Gasteiger partial charge in [0.25, 0.3) is 5.91 Å². The number of carbonyl (C=O) groups is 4. The molecule has 4 rings (SSSR count). The van der Waals surface area contributed by atoms with Gasteiger partial charge in [-0.15, -0.1) is 0 Å². The number of aliphatic hydroxyl groups is 3. The van der Waals surface area contributed by atoms with Gasteiger partial charge in [-0.2, -0.15) is 8.42 Å². The number of primary amides is 1. The first-order chi connectivity index (χ1) is 20.2. The first-order valence-corrected chi connectivity index (χ1v) is 14.1. The van der Waals surface area contributed by atoms with Crippen LogP contribution in [0.5, 0.6) is 5.75 Å².